The van der Waals surface area contributed by atoms with Gasteiger partial charge in [-0.2, -0.15) is 0 Å². The molecule has 0 aromatic heterocycles. The number of ether oxygens (including phenoxy) is 1. The van der Waals surface area contributed by atoms with E-state index in [2.05, 4.69) is 17.4 Å². The lowest BCUT2D eigenvalue weighted by molar-refractivity contribution is -0.137. The Bertz CT molecular complexity index is 438. The van der Waals surface area contributed by atoms with E-state index in [0.29, 0.717) is 6.61 Å². The van der Waals surface area contributed by atoms with Crippen LogP contribution in [0.1, 0.15) is 18.1 Å². The Morgan fingerprint density at radius 3 is 3.12 bits per heavy atom. The number of esters is 1. The predicted octanol–water partition coefficient (Wildman–Crippen LogP) is 1.78. The van der Waals surface area contributed by atoms with Crippen LogP contribution in [0.15, 0.2) is 30.3 Å². The largest absolute Gasteiger partial charge is 0.463 e. The quantitative estimate of drug-likeness (QED) is 0.623. The van der Waals surface area contributed by atoms with E-state index in [9.17, 15) is 4.79 Å². The lowest BCUT2D eigenvalue weighted by Gasteiger charge is -2.08. The van der Waals surface area contributed by atoms with Crippen molar-refractivity contribution in [3.05, 3.63) is 41.5 Å². The first-order valence-corrected chi connectivity index (χ1v) is 5.97. The lowest BCUT2D eigenvalue weighted by atomic mass is 9.99. The summed E-state index contributed by atoms with van der Waals surface area (Å²) in [7, 11) is 0. The van der Waals surface area contributed by atoms with Gasteiger partial charge < -0.3 is 10.1 Å². The first-order chi connectivity index (χ1) is 8.31. The Kier molecular flexibility index (Phi) is 3.94. The van der Waals surface area contributed by atoms with Gasteiger partial charge in [-0.15, -0.1) is 0 Å². The highest BCUT2D eigenvalue weighted by atomic mass is 16.5. The van der Waals surface area contributed by atoms with Gasteiger partial charge in [0.1, 0.15) is 0 Å². The van der Waals surface area contributed by atoms with Crippen molar-refractivity contribution < 1.29 is 9.53 Å². The lowest BCUT2D eigenvalue weighted by Crippen LogP contribution is -2.16. The van der Waals surface area contributed by atoms with Crippen molar-refractivity contribution in [1.82, 2.24) is 5.32 Å². The maximum absolute atomic E-state index is 11.5. The molecule has 0 spiro atoms. The van der Waals surface area contributed by atoms with Crippen LogP contribution in [-0.4, -0.2) is 25.7 Å². The molecule has 1 aliphatic rings. The molecule has 3 heteroatoms. The molecule has 17 heavy (non-hydrogen) atoms. The third kappa shape index (κ3) is 2.94. The van der Waals surface area contributed by atoms with Crippen molar-refractivity contribution in [2.75, 3.05) is 19.7 Å². The summed E-state index contributed by atoms with van der Waals surface area (Å²) in [5.74, 6) is -0.263. The molecule has 1 N–H and O–H groups in total. The van der Waals surface area contributed by atoms with Crippen molar-refractivity contribution in [2.45, 2.75) is 13.3 Å². The van der Waals surface area contributed by atoms with Gasteiger partial charge in [-0.1, -0.05) is 24.3 Å². The minimum atomic E-state index is -0.263. The molecule has 1 heterocycles. The number of carbonyl (C=O) groups excluding carboxylic acids is 1. The summed E-state index contributed by atoms with van der Waals surface area (Å²) in [4.78, 5) is 11.5. The second kappa shape index (κ2) is 5.64. The van der Waals surface area contributed by atoms with Crippen LogP contribution < -0.4 is 5.32 Å². The number of hydrogen-bond donors (Lipinski definition) is 1. The topological polar surface area (TPSA) is 38.3 Å². The summed E-state index contributed by atoms with van der Waals surface area (Å²) < 4.78 is 4.96. The maximum Gasteiger partial charge on any atom is 0.331 e. The molecule has 0 radical (unpaired) electrons. The molecule has 0 amide bonds. The molecule has 1 aromatic rings. The Hall–Kier alpha value is -1.61. The predicted molar refractivity (Wildman–Crippen MR) is 67.6 cm³/mol. The van der Waals surface area contributed by atoms with Crippen molar-refractivity contribution >= 4 is 11.5 Å². The van der Waals surface area contributed by atoms with Crippen LogP contribution in [0.3, 0.4) is 0 Å². The smallest absolute Gasteiger partial charge is 0.331 e. The molecular weight excluding hydrogens is 214 g/mol. The summed E-state index contributed by atoms with van der Waals surface area (Å²) >= 11 is 0. The fourth-order valence-corrected chi connectivity index (χ4v) is 2.05. The summed E-state index contributed by atoms with van der Waals surface area (Å²) in [5.41, 5.74) is 3.45. The van der Waals surface area contributed by atoms with Gasteiger partial charge >= 0.3 is 5.97 Å². The number of nitrogens with one attached hydrogen (secondary N) is 1. The van der Waals surface area contributed by atoms with Crippen LogP contribution in [0.5, 0.6) is 0 Å². The van der Waals surface area contributed by atoms with Gasteiger partial charge in [0, 0.05) is 12.6 Å². The number of benzene rings is 1. The molecule has 90 valence electrons. The molecule has 0 atom stereocenters. The molecule has 3 nitrogen and oxygen atoms in total. The molecule has 0 bridgehead atoms. The van der Waals surface area contributed by atoms with Crippen LogP contribution in [0, 0.1) is 0 Å². The summed E-state index contributed by atoms with van der Waals surface area (Å²) in [5, 5.41) is 3.32. The zero-order valence-corrected chi connectivity index (χ0v) is 10.0. The van der Waals surface area contributed by atoms with Crippen LogP contribution in [0.2, 0.25) is 0 Å². The van der Waals surface area contributed by atoms with Crippen LogP contribution >= 0.6 is 0 Å². The van der Waals surface area contributed by atoms with E-state index < -0.39 is 0 Å². The van der Waals surface area contributed by atoms with E-state index in [4.69, 9.17) is 4.74 Å². The zero-order chi connectivity index (χ0) is 12.1. The Labute approximate surface area is 101 Å². The van der Waals surface area contributed by atoms with Crippen molar-refractivity contribution in [3.8, 4) is 0 Å². The molecule has 0 saturated heterocycles. The van der Waals surface area contributed by atoms with Gasteiger partial charge in [-0.05, 0) is 36.6 Å². The van der Waals surface area contributed by atoms with Gasteiger partial charge in [-0.25, -0.2) is 4.79 Å². The monoisotopic (exact) mass is 231 g/mol. The average Bonchev–Trinajstić information content (AvgIpc) is 2.53. The van der Waals surface area contributed by atoms with E-state index in [1.807, 2.05) is 19.1 Å². The highest BCUT2D eigenvalue weighted by molar-refractivity contribution is 5.92. The maximum atomic E-state index is 11.5. The number of hydrogen-bond acceptors (Lipinski definition) is 3. The molecule has 1 aromatic carbocycles. The fraction of sp³-hybridized carbons (Fsp3) is 0.357. The molecular formula is C14H17NO2. The Morgan fingerprint density at radius 1 is 1.47 bits per heavy atom. The van der Waals surface area contributed by atoms with Crippen molar-refractivity contribution in [3.63, 3.8) is 0 Å². The summed E-state index contributed by atoms with van der Waals surface area (Å²) in [6.07, 6.45) is 2.59. The second-order valence-electron chi connectivity index (χ2n) is 4.01. The average molecular weight is 231 g/mol. The fourth-order valence-electron chi connectivity index (χ4n) is 2.05. The molecule has 1 aliphatic heterocycles. The zero-order valence-electron chi connectivity index (χ0n) is 10.0. The number of carbonyl (C=O) groups is 1. The van der Waals surface area contributed by atoms with Crippen LogP contribution in [0.4, 0.5) is 0 Å². The molecule has 0 saturated carbocycles. The standard InChI is InChI=1S/C14H17NO2/c1-2-17-14(16)9-12-10-15-8-7-11-5-3-4-6-13(11)12/h3-6,9,15H,2,7-8,10H2,1H3/b12-9+. The molecule has 0 unspecified atom stereocenters. The molecule has 2 rings (SSSR count). The highest BCUT2D eigenvalue weighted by Gasteiger charge is 2.12. The Balaban J connectivity index is 2.31. The summed E-state index contributed by atoms with van der Waals surface area (Å²) in [6.45, 7) is 3.89. The van der Waals surface area contributed by atoms with E-state index in [0.717, 1.165) is 30.6 Å². The van der Waals surface area contributed by atoms with E-state index in [1.165, 1.54) is 5.56 Å². The first-order valence-electron chi connectivity index (χ1n) is 5.97. The van der Waals surface area contributed by atoms with Crippen molar-refractivity contribution in [1.29, 1.82) is 0 Å². The second-order valence-corrected chi connectivity index (χ2v) is 4.01. The van der Waals surface area contributed by atoms with E-state index in [-0.39, 0.29) is 5.97 Å². The SMILES string of the molecule is CCOC(=O)/C=C1\CNCCc2ccccc21. The minimum absolute atomic E-state index is 0.263. The molecule has 0 fully saturated rings. The van der Waals surface area contributed by atoms with Crippen LogP contribution in [0.25, 0.3) is 5.57 Å². The molecule has 0 aliphatic carbocycles. The summed E-state index contributed by atoms with van der Waals surface area (Å²) in [6, 6.07) is 8.21. The van der Waals surface area contributed by atoms with Crippen molar-refractivity contribution in [2.24, 2.45) is 0 Å². The first kappa shape index (κ1) is 11.9. The van der Waals surface area contributed by atoms with E-state index in [1.54, 1.807) is 6.08 Å². The number of fused-ring (bicyclic) bond motifs is 1. The minimum Gasteiger partial charge on any atom is -0.463 e. The highest BCUT2D eigenvalue weighted by Crippen LogP contribution is 2.21. The Morgan fingerprint density at radius 2 is 2.29 bits per heavy atom. The van der Waals surface area contributed by atoms with E-state index >= 15 is 0 Å². The normalized spacial score (nSPS) is 17.4. The van der Waals surface area contributed by atoms with Gasteiger partial charge in [0.05, 0.1) is 6.61 Å². The third-order valence-electron chi connectivity index (χ3n) is 2.83. The van der Waals surface area contributed by atoms with Gasteiger partial charge in [-0.3, -0.25) is 0 Å². The third-order valence-corrected chi connectivity index (χ3v) is 2.83. The van der Waals surface area contributed by atoms with Gasteiger partial charge in [0.2, 0.25) is 0 Å². The number of rotatable bonds is 2. The van der Waals surface area contributed by atoms with Gasteiger partial charge in [0.25, 0.3) is 0 Å². The van der Waals surface area contributed by atoms with Crippen LogP contribution in [-0.2, 0) is 16.0 Å². The van der Waals surface area contributed by atoms with Gasteiger partial charge in [0.15, 0.2) is 0 Å².